The van der Waals surface area contributed by atoms with E-state index in [4.69, 9.17) is 9.97 Å². The third-order valence-corrected chi connectivity index (χ3v) is 17.3. The van der Waals surface area contributed by atoms with Crippen LogP contribution in [0, 0.1) is 0 Å². The Hall–Kier alpha value is -6.01. The van der Waals surface area contributed by atoms with Crippen LogP contribution in [-0.4, -0.2) is 22.6 Å². The molecule has 0 spiro atoms. The third kappa shape index (κ3) is 4.96. The summed E-state index contributed by atoms with van der Waals surface area (Å²) in [5.74, 6) is 0.916. The highest BCUT2D eigenvalue weighted by Crippen LogP contribution is 2.53. The predicted molar refractivity (Wildman–Crippen MR) is 228 cm³/mol. The van der Waals surface area contributed by atoms with Gasteiger partial charge in [-0.3, -0.25) is 9.55 Å². The number of aromatic nitrogens is 3. The van der Waals surface area contributed by atoms with Crippen LogP contribution >= 0.6 is 11.8 Å². The van der Waals surface area contributed by atoms with Crippen molar-refractivity contribution in [2.24, 2.45) is 0 Å². The molecule has 258 valence electrons. The van der Waals surface area contributed by atoms with E-state index in [0.29, 0.717) is 0 Å². The molecule has 3 aromatic heterocycles. The first-order valence-corrected chi connectivity index (χ1v) is 21.3. The molecular weight excluding hydrogens is 691 g/mol. The highest BCUT2D eigenvalue weighted by molar-refractivity contribution is 7.99. The maximum Gasteiger partial charge on any atom is 0.179 e. The van der Waals surface area contributed by atoms with Crippen LogP contribution in [-0.2, 0) is 5.41 Å². The van der Waals surface area contributed by atoms with E-state index in [-0.39, 0.29) is 5.41 Å². The highest BCUT2D eigenvalue weighted by atomic mass is 32.2. The highest BCUT2D eigenvalue weighted by Gasteiger charge is 2.42. The van der Waals surface area contributed by atoms with E-state index in [1.807, 2.05) is 36.3 Å². The standard InChI is InChI=1S/C49H37N3SSi/c1-49(2)40-22-9-10-24-45(40)53-48-41(49)28-29-43-47(48)39-27-26-38(33-44(39)52(43)46-25-12-14-31-51-46)54(35-17-5-3-6-18-35,36-19-7-4-8-20-36)37-21-15-16-34(32-37)42-23-11-13-30-50-42/h3-33H,1-2H3. The average molecular weight is 728 g/mol. The van der Waals surface area contributed by atoms with E-state index >= 15 is 0 Å². The Morgan fingerprint density at radius 1 is 0.519 bits per heavy atom. The lowest BCUT2D eigenvalue weighted by Gasteiger charge is -2.35. The van der Waals surface area contributed by atoms with Gasteiger partial charge in [0, 0.05) is 43.9 Å². The molecule has 6 aromatic carbocycles. The smallest absolute Gasteiger partial charge is 0.179 e. The normalized spacial score (nSPS) is 13.4. The topological polar surface area (TPSA) is 30.7 Å². The van der Waals surface area contributed by atoms with Crippen molar-refractivity contribution in [1.82, 2.24) is 14.5 Å². The van der Waals surface area contributed by atoms with Crippen LogP contribution in [0.4, 0.5) is 0 Å². The number of rotatable bonds is 6. The second kappa shape index (κ2) is 12.8. The van der Waals surface area contributed by atoms with Gasteiger partial charge < -0.3 is 0 Å². The van der Waals surface area contributed by atoms with Crippen molar-refractivity contribution < 1.29 is 0 Å². The quantitative estimate of drug-likeness (QED) is 0.126. The molecule has 0 unspecified atom stereocenters. The van der Waals surface area contributed by atoms with Crippen molar-refractivity contribution in [2.75, 3.05) is 0 Å². The predicted octanol–water partition coefficient (Wildman–Crippen LogP) is 9.41. The summed E-state index contributed by atoms with van der Waals surface area (Å²) in [7, 11) is -2.92. The number of fused-ring (bicyclic) bond motifs is 6. The van der Waals surface area contributed by atoms with Crippen LogP contribution in [0.1, 0.15) is 25.0 Å². The molecule has 0 atom stereocenters. The molecule has 0 radical (unpaired) electrons. The number of hydrogen-bond acceptors (Lipinski definition) is 3. The summed E-state index contributed by atoms with van der Waals surface area (Å²) in [6, 6.07) is 64.7. The molecule has 0 saturated heterocycles. The zero-order valence-corrected chi connectivity index (χ0v) is 32.0. The first-order valence-electron chi connectivity index (χ1n) is 18.5. The van der Waals surface area contributed by atoms with E-state index in [1.165, 1.54) is 58.0 Å². The lowest BCUT2D eigenvalue weighted by Crippen LogP contribution is -2.74. The summed E-state index contributed by atoms with van der Waals surface area (Å²) in [6.07, 6.45) is 3.78. The second-order valence-corrected chi connectivity index (χ2v) is 19.5. The fourth-order valence-corrected chi connectivity index (χ4v) is 15.1. The van der Waals surface area contributed by atoms with E-state index < -0.39 is 8.07 Å². The van der Waals surface area contributed by atoms with Crippen molar-refractivity contribution in [2.45, 2.75) is 29.1 Å². The van der Waals surface area contributed by atoms with Gasteiger partial charge in [-0.2, -0.15) is 0 Å². The molecule has 1 aliphatic heterocycles. The Morgan fingerprint density at radius 3 is 1.91 bits per heavy atom. The van der Waals surface area contributed by atoms with Gasteiger partial charge in [-0.05, 0) is 74.3 Å². The molecule has 54 heavy (non-hydrogen) atoms. The summed E-state index contributed by atoms with van der Waals surface area (Å²) in [5.41, 5.74) is 7.04. The van der Waals surface area contributed by atoms with Crippen LogP contribution in [0.15, 0.2) is 198 Å². The summed E-state index contributed by atoms with van der Waals surface area (Å²) in [6.45, 7) is 4.73. The number of benzene rings is 6. The van der Waals surface area contributed by atoms with Gasteiger partial charge in [0.15, 0.2) is 8.07 Å². The lowest BCUT2D eigenvalue weighted by atomic mass is 9.77. The molecule has 0 N–H and O–H groups in total. The van der Waals surface area contributed by atoms with Gasteiger partial charge in [0.1, 0.15) is 5.82 Å². The second-order valence-electron chi connectivity index (χ2n) is 14.6. The Kier molecular flexibility index (Phi) is 7.75. The minimum Gasteiger partial charge on any atom is -0.294 e. The maximum atomic E-state index is 4.97. The molecule has 5 heteroatoms. The molecule has 1 aliphatic rings. The van der Waals surface area contributed by atoms with Crippen LogP contribution in [0.3, 0.4) is 0 Å². The van der Waals surface area contributed by atoms with Crippen LogP contribution < -0.4 is 20.7 Å². The number of nitrogens with zero attached hydrogens (tertiary/aromatic N) is 3. The SMILES string of the molecule is CC1(C)c2ccccc2Sc2c1ccc1c2c2ccc([Si](c3ccccc3)(c3ccccc3)c3cccc(-c4ccccn4)c3)cc2n1-c1ccccn1. The van der Waals surface area contributed by atoms with Crippen molar-refractivity contribution in [3.63, 3.8) is 0 Å². The molecule has 9 aromatic rings. The number of pyridine rings is 2. The molecule has 10 rings (SSSR count). The fraction of sp³-hybridized carbons (Fsp3) is 0.0612. The molecule has 0 amide bonds. The summed E-state index contributed by atoms with van der Waals surface area (Å²) in [4.78, 5) is 12.4. The Balaban J connectivity index is 1.32. The monoisotopic (exact) mass is 727 g/mol. The van der Waals surface area contributed by atoms with Crippen LogP contribution in [0.5, 0.6) is 0 Å². The van der Waals surface area contributed by atoms with Crippen molar-refractivity contribution in [3.05, 3.63) is 199 Å². The Bertz CT molecular complexity index is 2780. The molecule has 4 heterocycles. The summed E-state index contributed by atoms with van der Waals surface area (Å²) in [5, 5.41) is 7.83. The first-order chi connectivity index (χ1) is 26.5. The van der Waals surface area contributed by atoms with E-state index in [1.54, 1.807) is 0 Å². The van der Waals surface area contributed by atoms with Gasteiger partial charge in [0.2, 0.25) is 0 Å². The summed E-state index contributed by atoms with van der Waals surface area (Å²) >= 11 is 1.91. The third-order valence-electron chi connectivity index (χ3n) is 11.3. The first kappa shape index (κ1) is 32.6. The Labute approximate surface area is 321 Å². The van der Waals surface area contributed by atoms with Crippen molar-refractivity contribution >= 4 is 62.4 Å². The minimum absolute atomic E-state index is 0.133. The summed E-state index contributed by atoms with van der Waals surface area (Å²) < 4.78 is 2.39. The average Bonchev–Trinajstić information content (AvgIpc) is 3.57. The van der Waals surface area contributed by atoms with Crippen LogP contribution in [0.25, 0.3) is 38.9 Å². The maximum absolute atomic E-state index is 4.97. The van der Waals surface area contributed by atoms with Gasteiger partial charge in [-0.1, -0.05) is 159 Å². The molecule has 0 fully saturated rings. The van der Waals surface area contributed by atoms with Gasteiger partial charge in [-0.15, -0.1) is 0 Å². The van der Waals surface area contributed by atoms with E-state index in [9.17, 15) is 0 Å². The Morgan fingerprint density at radius 2 is 1.19 bits per heavy atom. The van der Waals surface area contributed by atoms with Gasteiger partial charge in [-0.25, -0.2) is 4.98 Å². The zero-order valence-electron chi connectivity index (χ0n) is 30.1. The van der Waals surface area contributed by atoms with Crippen molar-refractivity contribution in [3.8, 4) is 17.1 Å². The van der Waals surface area contributed by atoms with Gasteiger partial charge in [0.05, 0.1) is 16.7 Å². The largest absolute Gasteiger partial charge is 0.294 e. The van der Waals surface area contributed by atoms with Gasteiger partial charge >= 0.3 is 0 Å². The van der Waals surface area contributed by atoms with Crippen molar-refractivity contribution in [1.29, 1.82) is 0 Å². The number of hydrogen-bond donors (Lipinski definition) is 0. The molecular formula is C49H37N3SSi. The molecule has 0 aliphatic carbocycles. The fourth-order valence-electron chi connectivity index (χ4n) is 8.79. The molecule has 3 nitrogen and oxygen atoms in total. The lowest BCUT2D eigenvalue weighted by molar-refractivity contribution is 0.609. The van der Waals surface area contributed by atoms with Gasteiger partial charge in [0.25, 0.3) is 0 Å². The van der Waals surface area contributed by atoms with E-state index in [2.05, 4.69) is 182 Å². The molecule has 0 bridgehead atoms. The van der Waals surface area contributed by atoms with Crippen LogP contribution in [0.2, 0.25) is 0 Å². The minimum atomic E-state index is -2.92. The van der Waals surface area contributed by atoms with E-state index in [0.717, 1.165) is 22.6 Å². The zero-order chi connectivity index (χ0) is 36.3. The molecule has 0 saturated carbocycles.